The largest absolute Gasteiger partial charge is 0.416 e. The predicted octanol–water partition coefficient (Wildman–Crippen LogP) is 4.04. The van der Waals surface area contributed by atoms with E-state index in [1.807, 2.05) is 14.0 Å². The second-order valence-electron chi connectivity index (χ2n) is 5.08. The van der Waals surface area contributed by atoms with E-state index in [0.29, 0.717) is 18.6 Å². The highest BCUT2D eigenvalue weighted by molar-refractivity contribution is 5.26. The summed E-state index contributed by atoms with van der Waals surface area (Å²) in [5, 5.41) is 3.17. The van der Waals surface area contributed by atoms with Crippen molar-refractivity contribution >= 4 is 0 Å². The van der Waals surface area contributed by atoms with Gasteiger partial charge >= 0.3 is 6.18 Å². The van der Waals surface area contributed by atoms with Crippen LogP contribution in [-0.2, 0) is 17.3 Å². The first-order chi connectivity index (χ1) is 9.92. The average Bonchev–Trinajstić information content (AvgIpc) is 2.44. The van der Waals surface area contributed by atoms with Gasteiger partial charge in [-0.15, -0.1) is 0 Å². The molecule has 0 aliphatic rings. The van der Waals surface area contributed by atoms with E-state index in [1.165, 1.54) is 12.1 Å². The van der Waals surface area contributed by atoms with Crippen molar-refractivity contribution in [2.24, 2.45) is 0 Å². The Hall–Kier alpha value is -1.07. The Morgan fingerprint density at radius 3 is 2.48 bits per heavy atom. The number of halogens is 3. The third-order valence-corrected chi connectivity index (χ3v) is 3.48. The summed E-state index contributed by atoms with van der Waals surface area (Å²) in [6.07, 6.45) is -1.90. The van der Waals surface area contributed by atoms with Crippen LogP contribution in [-0.4, -0.2) is 25.8 Å². The maximum absolute atomic E-state index is 12.7. The molecule has 2 atom stereocenters. The summed E-state index contributed by atoms with van der Waals surface area (Å²) in [7, 11) is 1.82. The Morgan fingerprint density at radius 2 is 1.95 bits per heavy atom. The van der Waals surface area contributed by atoms with Gasteiger partial charge in [-0.25, -0.2) is 0 Å². The molecule has 0 aliphatic heterocycles. The molecule has 0 aliphatic carbocycles. The third kappa shape index (κ3) is 5.67. The summed E-state index contributed by atoms with van der Waals surface area (Å²) in [6.45, 7) is 4.61. The average molecular weight is 303 g/mol. The van der Waals surface area contributed by atoms with Gasteiger partial charge in [0.05, 0.1) is 11.7 Å². The number of benzene rings is 1. The van der Waals surface area contributed by atoms with Crippen LogP contribution in [0.5, 0.6) is 0 Å². The van der Waals surface area contributed by atoms with E-state index in [2.05, 4.69) is 12.2 Å². The monoisotopic (exact) mass is 303 g/mol. The van der Waals surface area contributed by atoms with Crippen LogP contribution in [0.4, 0.5) is 13.2 Å². The molecule has 0 bridgehead atoms. The molecular weight excluding hydrogens is 279 g/mol. The van der Waals surface area contributed by atoms with E-state index in [1.54, 1.807) is 6.07 Å². The highest BCUT2D eigenvalue weighted by atomic mass is 19.4. The fourth-order valence-electron chi connectivity index (χ4n) is 2.45. The van der Waals surface area contributed by atoms with E-state index in [0.717, 1.165) is 18.9 Å². The molecule has 0 spiro atoms. The Labute approximate surface area is 124 Å². The SMILES string of the molecule is CCCC(OCC)C(Cc1cccc(C(F)(F)F)c1)NC. The molecule has 1 aromatic carbocycles. The summed E-state index contributed by atoms with van der Waals surface area (Å²) in [6, 6.07) is 5.52. The van der Waals surface area contributed by atoms with Crippen LogP contribution in [0.2, 0.25) is 0 Å². The van der Waals surface area contributed by atoms with Gasteiger partial charge in [-0.05, 0) is 38.4 Å². The number of hydrogen-bond donors (Lipinski definition) is 1. The normalized spacial score (nSPS) is 15.0. The van der Waals surface area contributed by atoms with Gasteiger partial charge in [-0.2, -0.15) is 13.2 Å². The molecule has 21 heavy (non-hydrogen) atoms. The second kappa shape index (κ2) is 8.39. The molecule has 1 rings (SSSR count). The third-order valence-electron chi connectivity index (χ3n) is 3.48. The van der Waals surface area contributed by atoms with Crippen molar-refractivity contribution in [1.29, 1.82) is 0 Å². The van der Waals surface area contributed by atoms with Gasteiger partial charge in [0, 0.05) is 12.6 Å². The highest BCUT2D eigenvalue weighted by Crippen LogP contribution is 2.30. The van der Waals surface area contributed by atoms with E-state index in [4.69, 9.17) is 4.74 Å². The van der Waals surface area contributed by atoms with Gasteiger partial charge < -0.3 is 10.1 Å². The number of ether oxygens (including phenoxy) is 1. The van der Waals surface area contributed by atoms with Crippen molar-refractivity contribution in [2.45, 2.75) is 51.4 Å². The summed E-state index contributed by atoms with van der Waals surface area (Å²) in [5.74, 6) is 0. The molecule has 1 aromatic rings. The van der Waals surface area contributed by atoms with Gasteiger partial charge in [-0.3, -0.25) is 0 Å². The molecule has 5 heteroatoms. The van der Waals surface area contributed by atoms with Crippen LogP contribution in [0.15, 0.2) is 24.3 Å². The zero-order valence-electron chi connectivity index (χ0n) is 12.8. The quantitative estimate of drug-likeness (QED) is 0.782. The lowest BCUT2D eigenvalue weighted by Crippen LogP contribution is -2.41. The lowest BCUT2D eigenvalue weighted by molar-refractivity contribution is -0.137. The number of hydrogen-bond acceptors (Lipinski definition) is 2. The first kappa shape index (κ1) is 18.0. The summed E-state index contributed by atoms with van der Waals surface area (Å²) < 4.78 is 44.0. The van der Waals surface area contributed by atoms with Gasteiger partial charge in [0.1, 0.15) is 0 Å². The van der Waals surface area contributed by atoms with Gasteiger partial charge in [0.15, 0.2) is 0 Å². The van der Waals surface area contributed by atoms with Crippen LogP contribution < -0.4 is 5.32 Å². The minimum Gasteiger partial charge on any atom is -0.377 e. The Kier molecular flexibility index (Phi) is 7.18. The molecule has 0 fully saturated rings. The zero-order valence-corrected chi connectivity index (χ0v) is 12.8. The number of alkyl halides is 3. The molecule has 2 unspecified atom stereocenters. The van der Waals surface area contributed by atoms with Crippen LogP contribution in [0.1, 0.15) is 37.8 Å². The van der Waals surface area contributed by atoms with Crippen molar-refractivity contribution in [3.63, 3.8) is 0 Å². The van der Waals surface area contributed by atoms with Crippen LogP contribution >= 0.6 is 0 Å². The Morgan fingerprint density at radius 1 is 1.24 bits per heavy atom. The second-order valence-corrected chi connectivity index (χ2v) is 5.08. The van der Waals surface area contributed by atoms with E-state index < -0.39 is 11.7 Å². The lowest BCUT2D eigenvalue weighted by Gasteiger charge is -2.27. The van der Waals surface area contributed by atoms with Crippen LogP contribution in [0.3, 0.4) is 0 Å². The fourth-order valence-corrected chi connectivity index (χ4v) is 2.45. The molecule has 1 N–H and O–H groups in total. The van der Waals surface area contributed by atoms with Gasteiger partial charge in [-0.1, -0.05) is 31.5 Å². The topological polar surface area (TPSA) is 21.3 Å². The van der Waals surface area contributed by atoms with E-state index >= 15 is 0 Å². The van der Waals surface area contributed by atoms with E-state index in [-0.39, 0.29) is 12.1 Å². The minimum absolute atomic E-state index is 0.00776. The van der Waals surface area contributed by atoms with Crippen molar-refractivity contribution < 1.29 is 17.9 Å². The molecule has 0 heterocycles. The maximum atomic E-state index is 12.7. The van der Waals surface area contributed by atoms with Crippen molar-refractivity contribution in [1.82, 2.24) is 5.32 Å². The zero-order chi connectivity index (χ0) is 15.9. The molecule has 120 valence electrons. The number of rotatable bonds is 8. The van der Waals surface area contributed by atoms with E-state index in [9.17, 15) is 13.2 Å². The molecule has 0 amide bonds. The van der Waals surface area contributed by atoms with Crippen molar-refractivity contribution in [2.75, 3.05) is 13.7 Å². The van der Waals surface area contributed by atoms with Crippen molar-refractivity contribution in [3.05, 3.63) is 35.4 Å². The highest BCUT2D eigenvalue weighted by Gasteiger charge is 2.30. The molecular formula is C16H24F3NO. The predicted molar refractivity (Wildman–Crippen MR) is 78.3 cm³/mol. The Bertz CT molecular complexity index is 414. The fraction of sp³-hybridized carbons (Fsp3) is 0.625. The van der Waals surface area contributed by atoms with Gasteiger partial charge in [0.2, 0.25) is 0 Å². The molecule has 2 nitrogen and oxygen atoms in total. The summed E-state index contributed by atoms with van der Waals surface area (Å²) in [5.41, 5.74) is 0.0725. The van der Waals surface area contributed by atoms with Gasteiger partial charge in [0.25, 0.3) is 0 Å². The van der Waals surface area contributed by atoms with Crippen molar-refractivity contribution in [3.8, 4) is 0 Å². The first-order valence-electron chi connectivity index (χ1n) is 7.37. The molecule has 0 saturated heterocycles. The number of nitrogens with one attached hydrogen (secondary N) is 1. The summed E-state index contributed by atoms with van der Waals surface area (Å²) in [4.78, 5) is 0. The smallest absolute Gasteiger partial charge is 0.377 e. The van der Waals surface area contributed by atoms with Crippen LogP contribution in [0, 0.1) is 0 Å². The molecule has 0 aromatic heterocycles. The van der Waals surface area contributed by atoms with Crippen LogP contribution in [0.25, 0.3) is 0 Å². The summed E-state index contributed by atoms with van der Waals surface area (Å²) >= 11 is 0. The standard InChI is InChI=1S/C16H24F3NO/c1-4-7-15(21-5-2)14(20-3)11-12-8-6-9-13(10-12)16(17,18)19/h6,8-10,14-15,20H,4-5,7,11H2,1-3H3. The minimum atomic E-state index is -4.30. The molecule has 0 radical (unpaired) electrons. The lowest BCUT2D eigenvalue weighted by atomic mass is 9.97. The first-order valence-corrected chi connectivity index (χ1v) is 7.37. The number of likely N-dealkylation sites (N-methyl/N-ethyl adjacent to an activating group) is 1. The maximum Gasteiger partial charge on any atom is 0.416 e. The Balaban J connectivity index is 2.85. The molecule has 0 saturated carbocycles.